The topological polar surface area (TPSA) is 69.6 Å². The van der Waals surface area contributed by atoms with Gasteiger partial charge in [-0.3, -0.25) is 4.79 Å². The van der Waals surface area contributed by atoms with Crippen LogP contribution in [0.4, 0.5) is 23.7 Å². The summed E-state index contributed by atoms with van der Waals surface area (Å²) in [5.41, 5.74) is -1.27. The van der Waals surface area contributed by atoms with Crippen LogP contribution in [0.15, 0.2) is 24.3 Å². The Morgan fingerprint density at radius 3 is 2.52 bits per heavy atom. The van der Waals surface area contributed by atoms with E-state index < -0.39 is 29.7 Å². The van der Waals surface area contributed by atoms with Crippen molar-refractivity contribution in [1.82, 2.24) is 4.90 Å². The largest absolute Gasteiger partial charge is 0.481 e. The van der Waals surface area contributed by atoms with Crippen LogP contribution in [0.2, 0.25) is 0 Å². The number of para-hydroxylation sites is 1. The number of anilines is 1. The van der Waals surface area contributed by atoms with Gasteiger partial charge in [-0.2, -0.15) is 13.2 Å². The highest BCUT2D eigenvalue weighted by Crippen LogP contribution is 2.34. The summed E-state index contributed by atoms with van der Waals surface area (Å²) in [7, 11) is 0. The van der Waals surface area contributed by atoms with E-state index in [9.17, 15) is 22.8 Å². The molecule has 0 spiro atoms. The highest BCUT2D eigenvalue weighted by atomic mass is 19.4. The number of rotatable bonds is 2. The first-order chi connectivity index (χ1) is 10.7. The number of carbonyl (C=O) groups excluding carboxylic acids is 1. The number of alkyl halides is 3. The van der Waals surface area contributed by atoms with E-state index in [1.54, 1.807) is 6.92 Å². The molecular weight excluding hydrogens is 313 g/mol. The van der Waals surface area contributed by atoms with Crippen LogP contribution < -0.4 is 5.32 Å². The first-order valence-electron chi connectivity index (χ1n) is 7.13. The molecule has 1 saturated heterocycles. The van der Waals surface area contributed by atoms with E-state index in [4.69, 9.17) is 5.11 Å². The molecule has 1 fully saturated rings. The number of hydrogen-bond donors (Lipinski definition) is 2. The van der Waals surface area contributed by atoms with Gasteiger partial charge in [-0.05, 0) is 24.5 Å². The van der Waals surface area contributed by atoms with E-state index in [2.05, 4.69) is 5.32 Å². The molecule has 0 aliphatic carbocycles. The Labute approximate surface area is 131 Å². The van der Waals surface area contributed by atoms with Gasteiger partial charge in [-0.15, -0.1) is 0 Å². The number of nitrogens with one attached hydrogen (secondary N) is 1. The van der Waals surface area contributed by atoms with E-state index in [0.29, 0.717) is 13.0 Å². The molecule has 2 amide bonds. The number of aliphatic carboxylic acids is 1. The quantitative estimate of drug-likeness (QED) is 0.874. The van der Waals surface area contributed by atoms with Gasteiger partial charge in [0, 0.05) is 13.1 Å². The van der Waals surface area contributed by atoms with Crippen molar-refractivity contribution in [2.45, 2.75) is 19.5 Å². The molecule has 0 bridgehead atoms. The first kappa shape index (κ1) is 17.1. The number of urea groups is 1. The predicted molar refractivity (Wildman–Crippen MR) is 76.9 cm³/mol. The zero-order valence-corrected chi connectivity index (χ0v) is 12.4. The second-order valence-corrected chi connectivity index (χ2v) is 5.75. The van der Waals surface area contributed by atoms with Crippen LogP contribution in [0.3, 0.4) is 0 Å². The Bertz CT molecular complexity index is 604. The molecule has 2 unspecified atom stereocenters. The minimum atomic E-state index is -4.58. The normalized spacial score (nSPS) is 21.8. The van der Waals surface area contributed by atoms with E-state index in [-0.39, 0.29) is 18.2 Å². The number of carboxylic acids is 1. The van der Waals surface area contributed by atoms with Crippen molar-refractivity contribution in [3.05, 3.63) is 29.8 Å². The van der Waals surface area contributed by atoms with E-state index in [0.717, 1.165) is 6.07 Å². The number of nitrogens with zero attached hydrogens (tertiary/aromatic N) is 1. The summed E-state index contributed by atoms with van der Waals surface area (Å²) in [5.74, 6) is -1.75. The summed E-state index contributed by atoms with van der Waals surface area (Å²) in [5, 5.41) is 11.3. The number of carbonyl (C=O) groups is 2. The van der Waals surface area contributed by atoms with E-state index >= 15 is 0 Å². The van der Waals surface area contributed by atoms with Crippen molar-refractivity contribution in [3.63, 3.8) is 0 Å². The standard InChI is InChI=1S/C15H17F3N2O3/c1-9-6-10(13(21)22)8-20(7-9)14(23)19-12-5-3-2-4-11(12)15(16,17)18/h2-5,9-10H,6-8H2,1H3,(H,19,23)(H,21,22). The molecule has 0 aromatic heterocycles. The SMILES string of the molecule is CC1CC(C(=O)O)CN(C(=O)Nc2ccccc2C(F)(F)F)C1. The molecule has 23 heavy (non-hydrogen) atoms. The van der Waals surface area contributed by atoms with Crippen LogP contribution in [0.5, 0.6) is 0 Å². The molecule has 1 aromatic rings. The maximum atomic E-state index is 12.9. The van der Waals surface area contributed by atoms with E-state index in [1.165, 1.54) is 23.1 Å². The molecular formula is C15H17F3N2O3. The second kappa shape index (κ2) is 6.47. The molecule has 1 aliphatic rings. The van der Waals surface area contributed by atoms with Gasteiger partial charge in [0.1, 0.15) is 0 Å². The molecule has 5 nitrogen and oxygen atoms in total. The third-order valence-corrected chi connectivity index (χ3v) is 3.77. The minimum Gasteiger partial charge on any atom is -0.481 e. The maximum Gasteiger partial charge on any atom is 0.418 e. The Balaban J connectivity index is 2.15. The number of benzene rings is 1. The first-order valence-corrected chi connectivity index (χ1v) is 7.13. The molecule has 0 radical (unpaired) electrons. The molecule has 2 rings (SSSR count). The lowest BCUT2D eigenvalue weighted by Gasteiger charge is -2.34. The molecule has 126 valence electrons. The highest BCUT2D eigenvalue weighted by Gasteiger charge is 2.35. The Morgan fingerprint density at radius 1 is 1.26 bits per heavy atom. The molecule has 0 saturated carbocycles. The number of piperidine rings is 1. The van der Waals surface area contributed by atoms with Crippen LogP contribution in [0.25, 0.3) is 0 Å². The van der Waals surface area contributed by atoms with Crippen LogP contribution in [-0.4, -0.2) is 35.1 Å². The smallest absolute Gasteiger partial charge is 0.418 e. The van der Waals surface area contributed by atoms with E-state index in [1.807, 2.05) is 0 Å². The van der Waals surface area contributed by atoms with Crippen molar-refractivity contribution in [3.8, 4) is 0 Å². The minimum absolute atomic E-state index is 0.0142. The van der Waals surface area contributed by atoms with Gasteiger partial charge >= 0.3 is 18.2 Å². The fourth-order valence-corrected chi connectivity index (χ4v) is 2.73. The summed E-state index contributed by atoms with van der Waals surface area (Å²) in [6.45, 7) is 2.10. The molecule has 2 atom stereocenters. The fraction of sp³-hybridized carbons (Fsp3) is 0.467. The fourth-order valence-electron chi connectivity index (χ4n) is 2.73. The number of likely N-dealkylation sites (tertiary alicyclic amines) is 1. The maximum absolute atomic E-state index is 12.9. The predicted octanol–water partition coefficient (Wildman–Crippen LogP) is 3.28. The van der Waals surface area contributed by atoms with Crippen LogP contribution in [0.1, 0.15) is 18.9 Å². The Morgan fingerprint density at radius 2 is 1.91 bits per heavy atom. The summed E-state index contributed by atoms with van der Waals surface area (Å²) < 4.78 is 38.8. The van der Waals surface area contributed by atoms with Crippen LogP contribution in [0, 0.1) is 11.8 Å². The molecule has 8 heteroatoms. The Hall–Kier alpha value is -2.25. The van der Waals surface area contributed by atoms with Crippen LogP contribution in [-0.2, 0) is 11.0 Å². The average Bonchev–Trinajstić information content (AvgIpc) is 2.46. The summed E-state index contributed by atoms with van der Waals surface area (Å²) in [6.07, 6.45) is -4.14. The number of amides is 2. The number of carboxylic acid groups (broad SMARTS) is 1. The van der Waals surface area contributed by atoms with Gasteiger partial charge < -0.3 is 15.3 Å². The summed E-state index contributed by atoms with van der Waals surface area (Å²) >= 11 is 0. The molecule has 1 aromatic carbocycles. The zero-order chi connectivity index (χ0) is 17.2. The summed E-state index contributed by atoms with van der Waals surface area (Å²) in [6, 6.07) is 3.96. The lowest BCUT2D eigenvalue weighted by Crippen LogP contribution is -2.47. The van der Waals surface area contributed by atoms with Gasteiger partial charge in [0.15, 0.2) is 0 Å². The third-order valence-electron chi connectivity index (χ3n) is 3.77. The van der Waals surface area contributed by atoms with Crippen molar-refractivity contribution in [2.24, 2.45) is 11.8 Å². The highest BCUT2D eigenvalue weighted by molar-refractivity contribution is 5.90. The van der Waals surface area contributed by atoms with Gasteiger partial charge in [-0.25, -0.2) is 4.79 Å². The molecule has 1 aliphatic heterocycles. The van der Waals surface area contributed by atoms with Crippen molar-refractivity contribution in [1.29, 1.82) is 0 Å². The zero-order valence-electron chi connectivity index (χ0n) is 12.4. The second-order valence-electron chi connectivity index (χ2n) is 5.75. The average molecular weight is 330 g/mol. The van der Waals surface area contributed by atoms with Gasteiger partial charge in [0.2, 0.25) is 0 Å². The summed E-state index contributed by atoms with van der Waals surface area (Å²) in [4.78, 5) is 24.6. The number of halogens is 3. The number of hydrogen-bond acceptors (Lipinski definition) is 2. The lowest BCUT2D eigenvalue weighted by molar-refractivity contribution is -0.143. The molecule has 2 N–H and O–H groups in total. The third kappa shape index (κ3) is 4.14. The van der Waals surface area contributed by atoms with Crippen LogP contribution >= 0.6 is 0 Å². The van der Waals surface area contributed by atoms with Gasteiger partial charge in [0.25, 0.3) is 0 Å². The monoisotopic (exact) mass is 330 g/mol. The molecule has 1 heterocycles. The van der Waals surface area contributed by atoms with Gasteiger partial charge in [-0.1, -0.05) is 19.1 Å². The van der Waals surface area contributed by atoms with Crippen molar-refractivity contribution < 1.29 is 27.9 Å². The Kier molecular flexibility index (Phi) is 4.82. The lowest BCUT2D eigenvalue weighted by atomic mass is 9.91. The van der Waals surface area contributed by atoms with Gasteiger partial charge in [0.05, 0.1) is 17.2 Å². The van der Waals surface area contributed by atoms with Crippen molar-refractivity contribution >= 4 is 17.7 Å². The van der Waals surface area contributed by atoms with Crippen molar-refractivity contribution in [2.75, 3.05) is 18.4 Å².